The summed E-state index contributed by atoms with van der Waals surface area (Å²) in [5, 5.41) is 0. The minimum Gasteiger partial charge on any atom is -0.497 e. The van der Waals surface area contributed by atoms with Crippen molar-refractivity contribution in [3.05, 3.63) is 113 Å². The Bertz CT molecular complexity index is 1460. The average molecular weight is 512 g/mol. The molecule has 1 heterocycles. The number of aromatic nitrogens is 2. The number of imidazole rings is 1. The van der Waals surface area contributed by atoms with E-state index in [0.717, 1.165) is 39.4 Å². The van der Waals surface area contributed by atoms with Crippen molar-refractivity contribution >= 4 is 12.0 Å². The summed E-state index contributed by atoms with van der Waals surface area (Å²) >= 11 is 0. The van der Waals surface area contributed by atoms with Gasteiger partial charge in [-0.05, 0) is 59.5 Å². The smallest absolute Gasteiger partial charge is 0.247 e. The number of alkyl halides is 1. The fourth-order valence-corrected chi connectivity index (χ4v) is 4.96. The van der Waals surface area contributed by atoms with Gasteiger partial charge in [0.15, 0.2) is 0 Å². The van der Waals surface area contributed by atoms with Crippen LogP contribution in [0.3, 0.4) is 0 Å². The molecule has 3 aromatic carbocycles. The van der Waals surface area contributed by atoms with Crippen LogP contribution in [0.15, 0.2) is 85.3 Å². The predicted molar refractivity (Wildman–Crippen MR) is 145 cm³/mol. The zero-order valence-corrected chi connectivity index (χ0v) is 21.7. The molecule has 0 saturated carbocycles. The lowest BCUT2D eigenvalue weighted by Crippen LogP contribution is -2.36. The first-order chi connectivity index (χ1) is 18.5. The van der Waals surface area contributed by atoms with Gasteiger partial charge < -0.3 is 18.9 Å². The van der Waals surface area contributed by atoms with Gasteiger partial charge in [0.25, 0.3) is 0 Å². The van der Waals surface area contributed by atoms with Crippen molar-refractivity contribution in [2.45, 2.75) is 32.1 Å². The lowest BCUT2D eigenvalue weighted by molar-refractivity contribution is -0.130. The van der Waals surface area contributed by atoms with E-state index in [2.05, 4.69) is 4.98 Å². The summed E-state index contributed by atoms with van der Waals surface area (Å²) in [7, 11) is 3.22. The van der Waals surface area contributed by atoms with Crippen LogP contribution >= 0.6 is 0 Å². The van der Waals surface area contributed by atoms with E-state index in [9.17, 15) is 4.79 Å². The molecule has 38 heavy (non-hydrogen) atoms. The zero-order valence-electron chi connectivity index (χ0n) is 21.7. The highest BCUT2D eigenvalue weighted by molar-refractivity contribution is 5.92. The molecule has 7 heteroatoms. The topological polar surface area (TPSA) is 56.6 Å². The molecule has 0 saturated heterocycles. The third-order valence-electron chi connectivity index (χ3n) is 6.87. The highest BCUT2D eigenvalue weighted by Gasteiger charge is 2.38. The van der Waals surface area contributed by atoms with Crippen LogP contribution in [0.5, 0.6) is 11.5 Å². The third kappa shape index (κ3) is 5.18. The second-order valence-corrected chi connectivity index (χ2v) is 9.36. The second kappa shape index (κ2) is 10.9. The summed E-state index contributed by atoms with van der Waals surface area (Å²) in [4.78, 5) is 19.5. The molecule has 1 amide bonds. The number of rotatable bonds is 8. The van der Waals surface area contributed by atoms with Gasteiger partial charge in [-0.1, -0.05) is 42.5 Å². The van der Waals surface area contributed by atoms with Crippen molar-refractivity contribution in [2.24, 2.45) is 0 Å². The molecule has 1 aromatic heterocycles. The molecule has 1 aliphatic carbocycles. The molecular weight excluding hydrogens is 481 g/mol. The molecule has 4 aromatic rings. The Hall–Kier alpha value is -4.39. The molecule has 5 rings (SSSR count). The van der Waals surface area contributed by atoms with Gasteiger partial charge in [-0.25, -0.2) is 9.37 Å². The zero-order chi connectivity index (χ0) is 26.6. The highest BCUT2D eigenvalue weighted by atomic mass is 19.1. The molecule has 1 unspecified atom stereocenters. The third-order valence-corrected chi connectivity index (χ3v) is 6.87. The van der Waals surface area contributed by atoms with Crippen molar-refractivity contribution < 1.29 is 18.7 Å². The van der Waals surface area contributed by atoms with Gasteiger partial charge in [0, 0.05) is 25.2 Å². The number of halogens is 1. The van der Waals surface area contributed by atoms with Crippen LogP contribution in [0.2, 0.25) is 0 Å². The number of aryl methyl sites for hydroxylation is 1. The number of ether oxygens (including phenoxy) is 2. The average Bonchev–Trinajstić information content (AvgIpc) is 3.52. The number of benzene rings is 3. The predicted octanol–water partition coefficient (Wildman–Crippen LogP) is 5.88. The van der Waals surface area contributed by atoms with Crippen molar-refractivity contribution in [3.63, 3.8) is 0 Å². The van der Waals surface area contributed by atoms with E-state index in [1.807, 2.05) is 84.4 Å². The first-order valence-electron chi connectivity index (χ1n) is 12.5. The van der Waals surface area contributed by atoms with E-state index in [4.69, 9.17) is 9.47 Å². The number of carbonyl (C=O) groups excluding carboxylic acids is 1. The number of hydrogen-bond acceptors (Lipinski definition) is 4. The van der Waals surface area contributed by atoms with Crippen LogP contribution in [0.4, 0.5) is 4.39 Å². The first kappa shape index (κ1) is 25.3. The summed E-state index contributed by atoms with van der Waals surface area (Å²) in [5.74, 6) is 1.11. The minimum atomic E-state index is -1.18. The molecule has 0 N–H and O–H groups in total. The standard InChI is InChI=1S/C31H30FN3O3/c1-21-18-34(20-33-21)28-14-10-22(16-29(28)38-3)11-15-30(36)35(19-23-8-12-25(37-2)13-9-23)31-26-7-5-4-6-24(26)17-27(31)32/h4-16,18,20,27,31H,17,19H2,1-3H3/t27?,31-/m1/s1. The maximum atomic E-state index is 15.4. The number of amides is 1. The lowest BCUT2D eigenvalue weighted by Gasteiger charge is -2.30. The van der Waals surface area contributed by atoms with Crippen LogP contribution in [0, 0.1) is 6.92 Å². The summed E-state index contributed by atoms with van der Waals surface area (Å²) < 4.78 is 28.2. The molecule has 1 aliphatic rings. The quantitative estimate of drug-likeness (QED) is 0.278. The number of carbonyl (C=O) groups is 1. The van der Waals surface area contributed by atoms with Gasteiger partial charge in [0.2, 0.25) is 5.91 Å². The minimum absolute atomic E-state index is 0.265. The van der Waals surface area contributed by atoms with E-state index in [1.165, 1.54) is 6.08 Å². The maximum absolute atomic E-state index is 15.4. The van der Waals surface area contributed by atoms with E-state index in [0.29, 0.717) is 12.2 Å². The van der Waals surface area contributed by atoms with Crippen LogP contribution in [0.25, 0.3) is 11.8 Å². The second-order valence-electron chi connectivity index (χ2n) is 9.36. The summed E-state index contributed by atoms with van der Waals surface area (Å²) in [6.45, 7) is 2.20. The Morgan fingerprint density at radius 1 is 1.11 bits per heavy atom. The molecule has 6 nitrogen and oxygen atoms in total. The van der Waals surface area contributed by atoms with E-state index in [1.54, 1.807) is 31.5 Å². The highest BCUT2D eigenvalue weighted by Crippen LogP contribution is 2.39. The van der Waals surface area contributed by atoms with E-state index in [-0.39, 0.29) is 12.5 Å². The van der Waals surface area contributed by atoms with Crippen molar-refractivity contribution in [1.82, 2.24) is 14.5 Å². The molecule has 0 radical (unpaired) electrons. The Balaban J connectivity index is 1.44. The number of hydrogen-bond donors (Lipinski definition) is 0. The van der Waals surface area contributed by atoms with Crippen molar-refractivity contribution in [1.29, 1.82) is 0 Å². The molecule has 0 fully saturated rings. The summed E-state index contributed by atoms with van der Waals surface area (Å²) in [6.07, 6.45) is 6.01. The summed E-state index contributed by atoms with van der Waals surface area (Å²) in [5.41, 5.74) is 5.24. The van der Waals surface area contributed by atoms with Gasteiger partial charge in [0.1, 0.15) is 17.7 Å². The fraction of sp³-hybridized carbons (Fsp3) is 0.226. The van der Waals surface area contributed by atoms with Crippen LogP contribution in [-0.4, -0.2) is 40.7 Å². The number of nitrogens with zero attached hydrogens (tertiary/aromatic N) is 3. The van der Waals surface area contributed by atoms with Crippen LogP contribution in [0.1, 0.15) is 34.0 Å². The molecule has 0 aliphatic heterocycles. The van der Waals surface area contributed by atoms with Gasteiger partial charge >= 0.3 is 0 Å². The Labute approximate surface area is 222 Å². The lowest BCUT2D eigenvalue weighted by atomic mass is 10.0. The molecule has 194 valence electrons. The fourth-order valence-electron chi connectivity index (χ4n) is 4.96. The van der Waals surface area contributed by atoms with Gasteiger partial charge in [-0.2, -0.15) is 0 Å². The Kier molecular flexibility index (Phi) is 7.26. The van der Waals surface area contributed by atoms with Gasteiger partial charge in [0.05, 0.1) is 38.0 Å². The van der Waals surface area contributed by atoms with Crippen LogP contribution in [-0.2, 0) is 17.8 Å². The van der Waals surface area contributed by atoms with Crippen molar-refractivity contribution in [2.75, 3.05) is 14.2 Å². The maximum Gasteiger partial charge on any atom is 0.247 e. The number of methoxy groups -OCH3 is 2. The normalized spacial score (nSPS) is 16.4. The molecule has 0 spiro atoms. The van der Waals surface area contributed by atoms with Crippen molar-refractivity contribution in [3.8, 4) is 17.2 Å². The first-order valence-corrected chi connectivity index (χ1v) is 12.5. The Morgan fingerprint density at radius 3 is 2.61 bits per heavy atom. The molecule has 0 bridgehead atoms. The van der Waals surface area contributed by atoms with Gasteiger partial charge in [-0.3, -0.25) is 4.79 Å². The molecular formula is C31H30FN3O3. The van der Waals surface area contributed by atoms with Crippen LogP contribution < -0.4 is 9.47 Å². The monoisotopic (exact) mass is 511 g/mol. The van der Waals surface area contributed by atoms with E-state index >= 15 is 4.39 Å². The largest absolute Gasteiger partial charge is 0.497 e. The summed E-state index contributed by atoms with van der Waals surface area (Å²) in [6, 6.07) is 20.2. The molecule has 2 atom stereocenters. The number of fused-ring (bicyclic) bond motifs is 1. The van der Waals surface area contributed by atoms with Gasteiger partial charge in [-0.15, -0.1) is 0 Å². The van der Waals surface area contributed by atoms with E-state index < -0.39 is 12.2 Å². The Morgan fingerprint density at radius 2 is 1.89 bits per heavy atom. The SMILES string of the molecule is COc1ccc(CN(C(=O)C=Cc2ccc(-n3cnc(C)c3)c(OC)c2)[C@@H]2c3ccccc3CC2F)cc1.